The van der Waals surface area contributed by atoms with E-state index in [1.165, 1.54) is 0 Å². The number of hydrogen-bond donors (Lipinski definition) is 2. The van der Waals surface area contributed by atoms with Crippen LogP contribution in [-0.2, 0) is 4.79 Å². The number of amides is 1. The lowest BCUT2D eigenvalue weighted by atomic mass is 9.89. The molecule has 0 bridgehead atoms. The minimum atomic E-state index is -0.322. The Kier molecular flexibility index (Phi) is 6.84. The summed E-state index contributed by atoms with van der Waals surface area (Å²) in [5.74, 6) is 0.0538. The number of carbonyl (C=O) groups is 1. The van der Waals surface area contributed by atoms with Gasteiger partial charge in [-0.2, -0.15) is 0 Å². The third-order valence-corrected chi connectivity index (χ3v) is 4.19. The minimum Gasteiger partial charge on any atom is -0.391 e. The molecule has 5 heteroatoms. The normalized spacial score (nSPS) is 20.8. The fourth-order valence-electron chi connectivity index (χ4n) is 2.34. The molecule has 122 valence electrons. The van der Waals surface area contributed by atoms with Crippen LogP contribution in [0.1, 0.15) is 27.7 Å². The van der Waals surface area contributed by atoms with E-state index in [2.05, 4.69) is 42.5 Å². The first-order chi connectivity index (χ1) is 9.75. The third kappa shape index (κ3) is 5.77. The van der Waals surface area contributed by atoms with Crippen LogP contribution in [0.2, 0.25) is 0 Å². The Labute approximate surface area is 129 Å². The molecule has 1 amide bonds. The molecule has 0 spiro atoms. The van der Waals surface area contributed by atoms with Gasteiger partial charge in [0.1, 0.15) is 0 Å². The molecule has 1 aliphatic rings. The Morgan fingerprint density at radius 1 is 1.33 bits per heavy atom. The Bertz CT molecular complexity index is 344. The van der Waals surface area contributed by atoms with Crippen molar-refractivity contribution in [2.45, 2.75) is 39.8 Å². The van der Waals surface area contributed by atoms with Gasteiger partial charge in [0.15, 0.2) is 0 Å². The highest BCUT2D eigenvalue weighted by Gasteiger charge is 2.29. The Hall–Kier alpha value is -0.910. The minimum absolute atomic E-state index is 0.0538. The van der Waals surface area contributed by atoms with Crippen LogP contribution in [-0.4, -0.2) is 72.2 Å². The van der Waals surface area contributed by atoms with Gasteiger partial charge in [-0.3, -0.25) is 14.6 Å². The van der Waals surface area contributed by atoms with Crippen molar-refractivity contribution in [2.24, 2.45) is 5.41 Å². The van der Waals surface area contributed by atoms with Crippen LogP contribution in [0.25, 0.3) is 0 Å². The average Bonchev–Trinajstić information content (AvgIpc) is 2.43. The van der Waals surface area contributed by atoms with Gasteiger partial charge in [-0.05, 0) is 12.3 Å². The van der Waals surface area contributed by atoms with Crippen LogP contribution < -0.4 is 5.32 Å². The number of carbonyl (C=O) groups excluding carboxylic acids is 1. The van der Waals surface area contributed by atoms with Gasteiger partial charge in [0.05, 0.1) is 12.1 Å². The zero-order chi connectivity index (χ0) is 16.0. The van der Waals surface area contributed by atoms with E-state index in [0.29, 0.717) is 13.1 Å². The average molecular weight is 297 g/mol. The van der Waals surface area contributed by atoms with Gasteiger partial charge in [-0.25, -0.2) is 0 Å². The molecule has 5 nitrogen and oxygen atoms in total. The summed E-state index contributed by atoms with van der Waals surface area (Å²) in [6.45, 7) is 16.4. The van der Waals surface area contributed by atoms with Crippen molar-refractivity contribution in [3.05, 3.63) is 12.7 Å². The SMILES string of the molecule is C=CCNC(=O)C(C)N1CCN(CC(O)C(C)(C)C)CC1. The van der Waals surface area contributed by atoms with Crippen LogP contribution in [0.15, 0.2) is 12.7 Å². The molecule has 1 saturated heterocycles. The van der Waals surface area contributed by atoms with Crippen LogP contribution in [0.5, 0.6) is 0 Å². The number of aliphatic hydroxyl groups is 1. The predicted octanol–water partition coefficient (Wildman–Crippen LogP) is 0.702. The molecule has 0 radical (unpaired) electrons. The molecule has 0 aromatic carbocycles. The molecule has 1 aliphatic heterocycles. The maximum atomic E-state index is 11.9. The number of nitrogens with zero attached hydrogens (tertiary/aromatic N) is 2. The first-order valence-electron chi connectivity index (χ1n) is 7.78. The Morgan fingerprint density at radius 2 is 1.90 bits per heavy atom. The summed E-state index contributed by atoms with van der Waals surface area (Å²) in [5.41, 5.74) is -0.0883. The van der Waals surface area contributed by atoms with Crippen molar-refractivity contribution in [1.82, 2.24) is 15.1 Å². The second kappa shape index (κ2) is 7.92. The highest BCUT2D eigenvalue weighted by atomic mass is 16.3. The Balaban J connectivity index is 2.38. The van der Waals surface area contributed by atoms with Gasteiger partial charge in [0, 0.05) is 39.3 Å². The van der Waals surface area contributed by atoms with E-state index < -0.39 is 0 Å². The van der Waals surface area contributed by atoms with Crippen LogP contribution in [0, 0.1) is 5.41 Å². The van der Waals surface area contributed by atoms with Gasteiger partial charge >= 0.3 is 0 Å². The smallest absolute Gasteiger partial charge is 0.237 e. The predicted molar refractivity (Wildman–Crippen MR) is 86.1 cm³/mol. The summed E-state index contributed by atoms with van der Waals surface area (Å²) in [7, 11) is 0. The fraction of sp³-hybridized carbons (Fsp3) is 0.812. The molecule has 0 aromatic heterocycles. The van der Waals surface area contributed by atoms with E-state index in [1.54, 1.807) is 6.08 Å². The first kappa shape index (κ1) is 18.1. The third-order valence-electron chi connectivity index (χ3n) is 4.19. The molecule has 0 aliphatic carbocycles. The van der Waals surface area contributed by atoms with Crippen LogP contribution in [0.4, 0.5) is 0 Å². The van der Waals surface area contributed by atoms with Crippen molar-refractivity contribution < 1.29 is 9.90 Å². The van der Waals surface area contributed by atoms with E-state index >= 15 is 0 Å². The number of piperazine rings is 1. The van der Waals surface area contributed by atoms with Crippen molar-refractivity contribution >= 4 is 5.91 Å². The van der Waals surface area contributed by atoms with E-state index in [1.807, 2.05) is 6.92 Å². The second-order valence-corrected chi connectivity index (χ2v) is 6.93. The van der Waals surface area contributed by atoms with E-state index in [4.69, 9.17) is 0 Å². The van der Waals surface area contributed by atoms with Crippen molar-refractivity contribution in [1.29, 1.82) is 0 Å². The topological polar surface area (TPSA) is 55.8 Å². The van der Waals surface area contributed by atoms with Crippen LogP contribution >= 0.6 is 0 Å². The highest BCUT2D eigenvalue weighted by Crippen LogP contribution is 2.20. The van der Waals surface area contributed by atoms with Crippen molar-refractivity contribution in [2.75, 3.05) is 39.3 Å². The van der Waals surface area contributed by atoms with E-state index in [9.17, 15) is 9.90 Å². The number of aliphatic hydroxyl groups excluding tert-OH is 1. The maximum absolute atomic E-state index is 11.9. The molecule has 2 atom stereocenters. The molecule has 21 heavy (non-hydrogen) atoms. The summed E-state index contributed by atoms with van der Waals surface area (Å²) < 4.78 is 0. The van der Waals surface area contributed by atoms with E-state index in [0.717, 1.165) is 26.2 Å². The molecule has 2 N–H and O–H groups in total. The lowest BCUT2D eigenvalue weighted by molar-refractivity contribution is -0.126. The molecule has 1 fully saturated rings. The molecule has 0 aromatic rings. The zero-order valence-electron chi connectivity index (χ0n) is 13.9. The standard InChI is InChI=1S/C16H31N3O2/c1-6-7-17-15(21)13(2)19-10-8-18(9-11-19)12-14(20)16(3,4)5/h6,13-14,20H,1,7-12H2,2-5H3,(H,17,21). The molecule has 2 unspecified atom stereocenters. The zero-order valence-corrected chi connectivity index (χ0v) is 13.9. The molecule has 1 heterocycles. The molecule has 1 rings (SSSR count). The van der Waals surface area contributed by atoms with Crippen molar-refractivity contribution in [3.8, 4) is 0 Å². The van der Waals surface area contributed by atoms with Gasteiger partial charge < -0.3 is 10.4 Å². The lowest BCUT2D eigenvalue weighted by Crippen LogP contribution is -2.55. The highest BCUT2D eigenvalue weighted by molar-refractivity contribution is 5.81. The molecular formula is C16H31N3O2. The summed E-state index contributed by atoms with van der Waals surface area (Å²) in [6, 6.07) is -0.111. The van der Waals surface area contributed by atoms with E-state index in [-0.39, 0.29) is 23.5 Å². The van der Waals surface area contributed by atoms with Gasteiger partial charge in [0.2, 0.25) is 5.91 Å². The summed E-state index contributed by atoms with van der Waals surface area (Å²) >= 11 is 0. The molecule has 0 saturated carbocycles. The quantitative estimate of drug-likeness (QED) is 0.709. The largest absolute Gasteiger partial charge is 0.391 e. The number of nitrogens with one attached hydrogen (secondary N) is 1. The maximum Gasteiger partial charge on any atom is 0.237 e. The summed E-state index contributed by atoms with van der Waals surface area (Å²) in [5, 5.41) is 13.0. The van der Waals surface area contributed by atoms with Crippen molar-refractivity contribution in [3.63, 3.8) is 0 Å². The first-order valence-corrected chi connectivity index (χ1v) is 7.78. The van der Waals surface area contributed by atoms with Crippen LogP contribution in [0.3, 0.4) is 0 Å². The second-order valence-electron chi connectivity index (χ2n) is 6.93. The van der Waals surface area contributed by atoms with Gasteiger partial charge in [-0.1, -0.05) is 26.8 Å². The van der Waals surface area contributed by atoms with Gasteiger partial charge in [-0.15, -0.1) is 6.58 Å². The van der Waals surface area contributed by atoms with Gasteiger partial charge in [0.25, 0.3) is 0 Å². The fourth-order valence-corrected chi connectivity index (χ4v) is 2.34. The lowest BCUT2D eigenvalue weighted by Gasteiger charge is -2.39. The number of β-amino-alcohol motifs (C(OH)–C–C–N with tert-alkyl or cyclic N) is 1. The Morgan fingerprint density at radius 3 is 2.38 bits per heavy atom. The number of rotatable bonds is 6. The molecular weight excluding hydrogens is 266 g/mol. The summed E-state index contributed by atoms with van der Waals surface area (Å²) in [6.07, 6.45) is 1.37. The summed E-state index contributed by atoms with van der Waals surface area (Å²) in [4.78, 5) is 16.4. The number of hydrogen-bond acceptors (Lipinski definition) is 4. The monoisotopic (exact) mass is 297 g/mol.